The molecule has 10 nitrogen and oxygen atoms in total. The lowest BCUT2D eigenvalue weighted by atomic mass is 10.2. The Balaban J connectivity index is 1.64. The standard InChI is InChI=1S/C16H13F2N5O5S/c1-27-14-12(23(25)26)6-22(21-14)7-13(24)20-16-19-11(8-29-16)9-2-4-10(5-3-9)28-15(17)18/h2-6,8,15H,7H2,1H3,(H,19,20,24). The lowest BCUT2D eigenvalue weighted by molar-refractivity contribution is -0.385. The van der Waals surface area contributed by atoms with E-state index < -0.39 is 17.4 Å². The normalized spacial score (nSPS) is 10.8. The number of thiazole rings is 1. The van der Waals surface area contributed by atoms with Gasteiger partial charge in [0.15, 0.2) is 5.13 Å². The van der Waals surface area contributed by atoms with Crippen LogP contribution >= 0.6 is 11.3 Å². The average molecular weight is 425 g/mol. The number of hydrogen-bond donors (Lipinski definition) is 1. The number of benzene rings is 1. The SMILES string of the molecule is COc1nn(CC(=O)Nc2nc(-c3ccc(OC(F)F)cc3)cs2)cc1[N+](=O)[O-]. The minimum Gasteiger partial charge on any atom is -0.475 e. The largest absolute Gasteiger partial charge is 0.475 e. The second-order valence-corrected chi connectivity index (χ2v) is 6.33. The lowest BCUT2D eigenvalue weighted by Crippen LogP contribution is -2.19. The molecule has 0 spiro atoms. The molecule has 2 aromatic heterocycles. The number of anilines is 1. The molecule has 1 N–H and O–H groups in total. The van der Waals surface area contributed by atoms with Crippen molar-refractivity contribution in [3.05, 3.63) is 46.0 Å². The van der Waals surface area contributed by atoms with Crippen molar-refractivity contribution in [2.45, 2.75) is 13.2 Å². The molecule has 0 bridgehead atoms. The van der Waals surface area contributed by atoms with Gasteiger partial charge < -0.3 is 14.8 Å². The van der Waals surface area contributed by atoms with Crippen molar-refractivity contribution in [2.75, 3.05) is 12.4 Å². The van der Waals surface area contributed by atoms with Crippen LogP contribution in [0.25, 0.3) is 11.3 Å². The van der Waals surface area contributed by atoms with Crippen LogP contribution in [0.5, 0.6) is 11.6 Å². The number of hydrogen-bond acceptors (Lipinski definition) is 8. The summed E-state index contributed by atoms with van der Waals surface area (Å²) in [6.07, 6.45) is 1.09. The third-order valence-electron chi connectivity index (χ3n) is 3.53. The van der Waals surface area contributed by atoms with Gasteiger partial charge in [0.1, 0.15) is 18.5 Å². The molecule has 29 heavy (non-hydrogen) atoms. The number of nitrogens with zero attached hydrogens (tertiary/aromatic N) is 4. The van der Waals surface area contributed by atoms with Crippen molar-refractivity contribution in [3.8, 4) is 22.9 Å². The minimum absolute atomic E-state index is 0.0243. The first kappa shape index (κ1) is 20.1. The van der Waals surface area contributed by atoms with Crippen LogP contribution < -0.4 is 14.8 Å². The Bertz CT molecular complexity index is 1020. The van der Waals surface area contributed by atoms with Gasteiger partial charge in [-0.15, -0.1) is 16.4 Å². The number of nitro groups is 1. The van der Waals surface area contributed by atoms with Gasteiger partial charge in [0.2, 0.25) is 5.91 Å². The first-order valence-electron chi connectivity index (χ1n) is 7.92. The van der Waals surface area contributed by atoms with Crippen molar-refractivity contribution in [1.29, 1.82) is 0 Å². The summed E-state index contributed by atoms with van der Waals surface area (Å²) in [4.78, 5) is 26.6. The van der Waals surface area contributed by atoms with Crippen molar-refractivity contribution in [3.63, 3.8) is 0 Å². The van der Waals surface area contributed by atoms with E-state index in [1.807, 2.05) is 0 Å². The fourth-order valence-corrected chi connectivity index (χ4v) is 3.06. The summed E-state index contributed by atoms with van der Waals surface area (Å²) in [5, 5.41) is 19.3. The second kappa shape index (κ2) is 8.60. The molecule has 0 aliphatic heterocycles. The van der Waals surface area contributed by atoms with E-state index >= 15 is 0 Å². The van der Waals surface area contributed by atoms with Crippen molar-refractivity contribution >= 4 is 28.1 Å². The van der Waals surface area contributed by atoms with Gasteiger partial charge in [-0.1, -0.05) is 0 Å². The third kappa shape index (κ3) is 5.01. The fraction of sp³-hybridized carbons (Fsp3) is 0.188. The zero-order valence-electron chi connectivity index (χ0n) is 14.7. The Morgan fingerprint density at radius 1 is 1.38 bits per heavy atom. The fourth-order valence-electron chi connectivity index (χ4n) is 2.32. The molecule has 0 unspecified atom stereocenters. The molecule has 13 heteroatoms. The molecule has 0 fully saturated rings. The predicted molar refractivity (Wildman–Crippen MR) is 98.2 cm³/mol. The highest BCUT2D eigenvalue weighted by Crippen LogP contribution is 2.27. The number of carbonyl (C=O) groups is 1. The molecule has 2 heterocycles. The van der Waals surface area contributed by atoms with Crippen molar-refractivity contribution < 1.29 is 28.0 Å². The molecule has 3 rings (SSSR count). The molecule has 0 aliphatic rings. The van der Waals surface area contributed by atoms with Crippen molar-refractivity contribution in [1.82, 2.24) is 14.8 Å². The summed E-state index contributed by atoms with van der Waals surface area (Å²) in [6.45, 7) is -3.18. The van der Waals surface area contributed by atoms with E-state index in [1.54, 1.807) is 17.5 Å². The topological polar surface area (TPSA) is 121 Å². The summed E-state index contributed by atoms with van der Waals surface area (Å²) in [5.74, 6) is -0.665. The van der Waals surface area contributed by atoms with Crippen LogP contribution in [0.15, 0.2) is 35.8 Å². The highest BCUT2D eigenvalue weighted by Gasteiger charge is 2.21. The van der Waals surface area contributed by atoms with Gasteiger partial charge in [-0.25, -0.2) is 4.98 Å². The number of amides is 1. The van der Waals surface area contributed by atoms with Crippen LogP contribution in [0.2, 0.25) is 0 Å². The molecule has 3 aromatic rings. The Morgan fingerprint density at radius 3 is 2.69 bits per heavy atom. The van der Waals surface area contributed by atoms with Gasteiger partial charge in [-0.05, 0) is 24.3 Å². The maximum absolute atomic E-state index is 12.2. The van der Waals surface area contributed by atoms with E-state index in [9.17, 15) is 23.7 Å². The lowest BCUT2D eigenvalue weighted by Gasteiger charge is -2.04. The Hall–Kier alpha value is -3.61. The number of aromatic nitrogens is 3. The number of carbonyl (C=O) groups excluding carboxylic acids is 1. The van der Waals surface area contributed by atoms with Crippen LogP contribution in [0.4, 0.5) is 19.6 Å². The predicted octanol–water partition coefficient (Wildman–Crippen LogP) is 3.16. The van der Waals surface area contributed by atoms with E-state index in [0.29, 0.717) is 16.4 Å². The first-order chi connectivity index (χ1) is 13.9. The molecule has 152 valence electrons. The Kier molecular flexibility index (Phi) is 5.97. The van der Waals surface area contributed by atoms with Crippen LogP contribution in [0.3, 0.4) is 0 Å². The summed E-state index contributed by atoms with van der Waals surface area (Å²) in [5.41, 5.74) is 0.831. The van der Waals surface area contributed by atoms with E-state index in [-0.39, 0.29) is 23.9 Å². The Labute approximate surface area is 165 Å². The van der Waals surface area contributed by atoms with E-state index in [4.69, 9.17) is 4.74 Å². The number of rotatable bonds is 8. The quantitative estimate of drug-likeness (QED) is 0.435. The number of nitrogens with one attached hydrogen (secondary N) is 1. The van der Waals surface area contributed by atoms with Crippen LogP contribution in [0.1, 0.15) is 0 Å². The molecule has 0 radical (unpaired) electrons. The zero-order chi connectivity index (χ0) is 21.0. The maximum atomic E-state index is 12.2. The first-order valence-corrected chi connectivity index (χ1v) is 8.80. The molecule has 0 saturated heterocycles. The summed E-state index contributed by atoms with van der Waals surface area (Å²) < 4.78 is 34.6. The smallest absolute Gasteiger partial charge is 0.387 e. The highest BCUT2D eigenvalue weighted by molar-refractivity contribution is 7.14. The third-order valence-corrected chi connectivity index (χ3v) is 4.29. The molecule has 0 atom stereocenters. The summed E-state index contributed by atoms with van der Waals surface area (Å²) in [7, 11) is 1.24. The van der Waals surface area contributed by atoms with Crippen LogP contribution in [-0.2, 0) is 11.3 Å². The molecule has 0 aliphatic carbocycles. The van der Waals surface area contributed by atoms with Gasteiger partial charge in [0.25, 0.3) is 0 Å². The van der Waals surface area contributed by atoms with Gasteiger partial charge >= 0.3 is 18.2 Å². The Morgan fingerprint density at radius 2 is 2.10 bits per heavy atom. The number of methoxy groups -OCH3 is 1. The average Bonchev–Trinajstić information content (AvgIpc) is 3.28. The molecule has 1 amide bonds. The monoisotopic (exact) mass is 425 g/mol. The van der Waals surface area contributed by atoms with Gasteiger partial charge in [0.05, 0.1) is 17.7 Å². The van der Waals surface area contributed by atoms with Gasteiger partial charge in [-0.2, -0.15) is 8.78 Å². The minimum atomic E-state index is -2.90. The molecular weight excluding hydrogens is 412 g/mol. The molecule has 1 aromatic carbocycles. The number of ether oxygens (including phenoxy) is 2. The van der Waals surface area contributed by atoms with Crippen LogP contribution in [0, 0.1) is 10.1 Å². The van der Waals surface area contributed by atoms with Gasteiger partial charge in [0, 0.05) is 10.9 Å². The number of alkyl halides is 2. The second-order valence-electron chi connectivity index (χ2n) is 5.47. The zero-order valence-corrected chi connectivity index (χ0v) is 15.6. The van der Waals surface area contributed by atoms with E-state index in [1.165, 1.54) is 19.2 Å². The molecular formula is C16H13F2N5O5S. The van der Waals surface area contributed by atoms with Gasteiger partial charge in [-0.3, -0.25) is 19.6 Å². The molecule has 0 saturated carbocycles. The van der Waals surface area contributed by atoms with E-state index in [0.717, 1.165) is 22.2 Å². The van der Waals surface area contributed by atoms with E-state index in [2.05, 4.69) is 20.1 Å². The number of halogens is 2. The van der Waals surface area contributed by atoms with Crippen molar-refractivity contribution in [2.24, 2.45) is 0 Å². The summed E-state index contributed by atoms with van der Waals surface area (Å²) in [6, 6.07) is 5.90. The maximum Gasteiger partial charge on any atom is 0.387 e. The highest BCUT2D eigenvalue weighted by atomic mass is 32.1. The van der Waals surface area contributed by atoms with Crippen LogP contribution in [-0.4, -0.2) is 39.3 Å². The summed E-state index contributed by atoms with van der Waals surface area (Å²) >= 11 is 1.16.